The number of phenolic OH excluding ortho intramolecular Hbond substituents is 1. The molecule has 0 unspecified atom stereocenters. The van der Waals surface area contributed by atoms with Crippen molar-refractivity contribution in [2.24, 2.45) is 0 Å². The predicted molar refractivity (Wildman–Crippen MR) is 122 cm³/mol. The van der Waals surface area contributed by atoms with Gasteiger partial charge in [0.2, 0.25) is 0 Å². The van der Waals surface area contributed by atoms with Gasteiger partial charge in [0, 0.05) is 17.8 Å². The summed E-state index contributed by atoms with van der Waals surface area (Å²) in [7, 11) is -4.60. The highest BCUT2D eigenvalue weighted by Crippen LogP contribution is 2.06. The SMILES string of the molecule is Nc1cccc(B(O)O)c1.O=[N+]([O-])c1cccc(B(O)O)c1.OB(O)c1cccc(O)c1. The number of non-ortho nitro benzene ring substituents is 1. The Morgan fingerprint density at radius 1 is 0.688 bits per heavy atom. The third kappa shape index (κ3) is 9.62. The van der Waals surface area contributed by atoms with E-state index in [9.17, 15) is 10.1 Å². The monoisotopic (exact) mass is 442 g/mol. The third-order valence-electron chi connectivity index (χ3n) is 3.76. The Morgan fingerprint density at radius 2 is 1.12 bits per heavy atom. The number of nitro benzene ring substituents is 1. The normalized spacial score (nSPS) is 9.44. The van der Waals surface area contributed by atoms with Crippen molar-refractivity contribution in [2.75, 3.05) is 5.73 Å². The molecule has 32 heavy (non-hydrogen) atoms. The molecule has 0 saturated heterocycles. The first kappa shape index (κ1) is 26.6. The topological polar surface area (TPSA) is 211 Å². The number of nitro groups is 1. The van der Waals surface area contributed by atoms with E-state index in [2.05, 4.69) is 0 Å². The molecule has 0 atom stereocenters. The van der Waals surface area contributed by atoms with Gasteiger partial charge in [-0.1, -0.05) is 36.4 Å². The molecule has 0 heterocycles. The number of rotatable bonds is 4. The summed E-state index contributed by atoms with van der Waals surface area (Å²) in [5.41, 5.74) is 6.58. The van der Waals surface area contributed by atoms with Gasteiger partial charge < -0.3 is 41.0 Å². The molecule has 11 nitrogen and oxygen atoms in total. The molecule has 0 saturated carbocycles. The largest absolute Gasteiger partial charge is 0.508 e. The zero-order valence-electron chi connectivity index (χ0n) is 16.6. The van der Waals surface area contributed by atoms with Crippen LogP contribution in [0.5, 0.6) is 5.75 Å². The fourth-order valence-electron chi connectivity index (χ4n) is 2.20. The van der Waals surface area contributed by atoms with Crippen LogP contribution in [0, 0.1) is 10.1 Å². The van der Waals surface area contributed by atoms with Crippen LogP contribution in [0.1, 0.15) is 0 Å². The van der Waals surface area contributed by atoms with Crippen LogP contribution >= 0.6 is 0 Å². The van der Waals surface area contributed by atoms with Crippen molar-refractivity contribution in [1.29, 1.82) is 0 Å². The second-order valence-electron chi connectivity index (χ2n) is 6.24. The summed E-state index contributed by atoms with van der Waals surface area (Å²) in [6, 6.07) is 17.5. The Kier molecular flexibility index (Phi) is 10.9. The first-order valence-electron chi connectivity index (χ1n) is 8.98. The van der Waals surface area contributed by atoms with E-state index < -0.39 is 26.3 Å². The lowest BCUT2D eigenvalue weighted by molar-refractivity contribution is -0.384. The van der Waals surface area contributed by atoms with Gasteiger partial charge in [0.1, 0.15) is 5.75 Å². The minimum atomic E-state index is -1.66. The fraction of sp³-hybridized carbons (Fsp3) is 0. The van der Waals surface area contributed by atoms with Crippen molar-refractivity contribution in [3.8, 4) is 5.75 Å². The van der Waals surface area contributed by atoms with Crippen LogP contribution in [0.15, 0.2) is 72.8 Å². The van der Waals surface area contributed by atoms with Crippen molar-refractivity contribution < 1.29 is 40.2 Å². The Labute approximate surface area is 184 Å². The molecular weight excluding hydrogens is 421 g/mol. The van der Waals surface area contributed by atoms with Crippen LogP contribution < -0.4 is 22.1 Å². The zero-order chi connectivity index (χ0) is 24.3. The minimum Gasteiger partial charge on any atom is -0.508 e. The quantitative estimate of drug-likeness (QED) is 0.0907. The molecule has 0 spiro atoms. The van der Waals surface area contributed by atoms with Crippen LogP contribution in [0.3, 0.4) is 0 Å². The van der Waals surface area contributed by atoms with Gasteiger partial charge in [-0.05, 0) is 40.7 Å². The third-order valence-corrected chi connectivity index (χ3v) is 3.76. The van der Waals surface area contributed by atoms with Crippen molar-refractivity contribution in [2.45, 2.75) is 0 Å². The van der Waals surface area contributed by atoms with Gasteiger partial charge in [-0.25, -0.2) is 0 Å². The molecule has 14 heteroatoms. The standard InChI is InChI=1S/C6H6BNO4.C6H8BNO2.C6H7BO3/c9-7(10)5-2-1-3-6(4-5)8(11)12;2*8-6-3-1-2-5(4-6)7(9)10/h1-4,9-10H;1-4,9-10H,8H2;1-4,8-10H. The second kappa shape index (κ2) is 13.1. The van der Waals surface area contributed by atoms with Crippen LogP contribution in [-0.2, 0) is 0 Å². The number of phenols is 1. The molecule has 9 N–H and O–H groups in total. The van der Waals surface area contributed by atoms with Crippen molar-refractivity contribution in [3.05, 3.63) is 82.9 Å². The number of nitrogens with zero attached hydrogens (tertiary/aromatic N) is 1. The summed E-state index contributed by atoms with van der Waals surface area (Å²) < 4.78 is 0. The van der Waals surface area contributed by atoms with E-state index >= 15 is 0 Å². The second-order valence-corrected chi connectivity index (χ2v) is 6.24. The van der Waals surface area contributed by atoms with Crippen LogP contribution in [0.4, 0.5) is 11.4 Å². The molecule has 0 amide bonds. The van der Waals surface area contributed by atoms with Gasteiger partial charge in [0.05, 0.1) is 4.92 Å². The van der Waals surface area contributed by atoms with Crippen molar-refractivity contribution >= 4 is 49.1 Å². The number of nitrogens with two attached hydrogens (primary N) is 1. The maximum Gasteiger partial charge on any atom is 0.488 e. The molecule has 166 valence electrons. The lowest BCUT2D eigenvalue weighted by atomic mass is 9.80. The molecule has 0 aromatic heterocycles. The highest BCUT2D eigenvalue weighted by molar-refractivity contribution is 6.59. The number of nitrogen functional groups attached to an aromatic ring is 1. The van der Waals surface area contributed by atoms with Crippen LogP contribution in [0.25, 0.3) is 0 Å². The summed E-state index contributed by atoms with van der Waals surface area (Å²) in [6.45, 7) is 0. The number of benzene rings is 3. The fourth-order valence-corrected chi connectivity index (χ4v) is 2.20. The molecule has 0 aliphatic carbocycles. The highest BCUT2D eigenvalue weighted by Gasteiger charge is 2.14. The first-order valence-corrected chi connectivity index (χ1v) is 8.98. The highest BCUT2D eigenvalue weighted by atomic mass is 16.6. The molecule has 3 aromatic rings. The van der Waals surface area contributed by atoms with Gasteiger partial charge in [-0.2, -0.15) is 0 Å². The van der Waals surface area contributed by atoms with E-state index in [1.165, 1.54) is 42.5 Å². The molecule has 3 aromatic carbocycles. The number of aromatic hydroxyl groups is 1. The average molecular weight is 442 g/mol. The number of hydrogen-bond donors (Lipinski definition) is 8. The molecule has 0 fully saturated rings. The van der Waals surface area contributed by atoms with Gasteiger partial charge in [-0.3, -0.25) is 10.1 Å². The smallest absolute Gasteiger partial charge is 0.488 e. The van der Waals surface area contributed by atoms with Gasteiger partial charge >= 0.3 is 21.4 Å². The Hall–Kier alpha value is -3.39. The van der Waals surface area contributed by atoms with E-state index in [1.807, 2.05) is 0 Å². The van der Waals surface area contributed by atoms with Crippen molar-refractivity contribution in [1.82, 2.24) is 0 Å². The summed E-state index contributed by atoms with van der Waals surface area (Å²) in [4.78, 5) is 9.63. The summed E-state index contributed by atoms with van der Waals surface area (Å²) in [6.07, 6.45) is 0. The number of hydrogen-bond acceptors (Lipinski definition) is 10. The van der Waals surface area contributed by atoms with Crippen LogP contribution in [0.2, 0.25) is 0 Å². The Bertz CT molecular complexity index is 957. The maximum absolute atomic E-state index is 10.2. The first-order chi connectivity index (χ1) is 15.0. The average Bonchev–Trinajstić information content (AvgIpc) is 2.74. The van der Waals surface area contributed by atoms with E-state index in [0.29, 0.717) is 16.6 Å². The molecule has 0 bridgehead atoms. The van der Waals surface area contributed by atoms with E-state index in [1.54, 1.807) is 24.3 Å². The zero-order valence-corrected chi connectivity index (χ0v) is 16.6. The summed E-state index contributed by atoms with van der Waals surface area (Å²) in [5.74, 6) is 0.0330. The summed E-state index contributed by atoms with van der Waals surface area (Å²) in [5, 5.41) is 70.9. The summed E-state index contributed by atoms with van der Waals surface area (Å²) >= 11 is 0. The predicted octanol–water partition coefficient (Wildman–Crippen LogP) is -2.70. The van der Waals surface area contributed by atoms with Crippen LogP contribution in [-0.4, -0.2) is 61.5 Å². The van der Waals surface area contributed by atoms with Gasteiger partial charge in [0.25, 0.3) is 5.69 Å². The number of anilines is 1. The Morgan fingerprint density at radius 3 is 1.50 bits per heavy atom. The molecular formula is C18H21B3N2O9. The van der Waals surface area contributed by atoms with Gasteiger partial charge in [0.15, 0.2) is 0 Å². The van der Waals surface area contributed by atoms with Gasteiger partial charge in [-0.15, -0.1) is 0 Å². The molecule has 0 aliphatic rings. The van der Waals surface area contributed by atoms with E-state index in [4.69, 9.17) is 41.0 Å². The Balaban J connectivity index is 0.000000241. The van der Waals surface area contributed by atoms with Crippen molar-refractivity contribution in [3.63, 3.8) is 0 Å². The lowest BCUT2D eigenvalue weighted by Gasteiger charge is -1.98. The lowest BCUT2D eigenvalue weighted by Crippen LogP contribution is -2.29. The minimum absolute atomic E-state index is 0.0330. The maximum atomic E-state index is 10.2. The van der Waals surface area contributed by atoms with E-state index in [-0.39, 0.29) is 16.9 Å². The molecule has 3 rings (SSSR count). The molecule has 0 radical (unpaired) electrons. The van der Waals surface area contributed by atoms with E-state index in [0.717, 1.165) is 6.07 Å². The molecule has 0 aliphatic heterocycles.